The Bertz CT molecular complexity index is 3090. The molecule has 3 aliphatic rings. The molecule has 0 amide bonds. The van der Waals surface area contributed by atoms with Gasteiger partial charge in [0, 0.05) is 16.4 Å². The highest BCUT2D eigenvalue weighted by atomic mass is 32.1. The lowest BCUT2D eigenvalue weighted by molar-refractivity contribution is 0.652. The number of benzene rings is 7. The number of hydrogen-bond acceptors (Lipinski definition) is 2. The van der Waals surface area contributed by atoms with Crippen LogP contribution in [0.2, 0.25) is 0 Å². The lowest BCUT2D eigenvalue weighted by Crippen LogP contribution is -2.17. The van der Waals surface area contributed by atoms with E-state index in [2.05, 4.69) is 181 Å². The number of aryl methyl sites for hydroxylation is 2. The van der Waals surface area contributed by atoms with Crippen LogP contribution in [0, 0.1) is 0 Å². The van der Waals surface area contributed by atoms with E-state index in [9.17, 15) is 0 Å². The Labute approximate surface area is 366 Å². The molecule has 0 saturated carbocycles. The summed E-state index contributed by atoms with van der Waals surface area (Å²) in [5.74, 6) is 0. The Balaban J connectivity index is 0.00000220. The van der Waals surface area contributed by atoms with E-state index in [0.717, 1.165) is 36.2 Å². The van der Waals surface area contributed by atoms with Crippen LogP contribution >= 0.6 is 11.3 Å². The van der Waals surface area contributed by atoms with Crippen molar-refractivity contribution in [2.45, 2.75) is 91.9 Å². The van der Waals surface area contributed by atoms with E-state index in [1.165, 1.54) is 110 Å². The number of hydrogen-bond donors (Lipinski definition) is 0. The maximum absolute atomic E-state index is 5.04. The van der Waals surface area contributed by atoms with Gasteiger partial charge in [-0.3, -0.25) is 0 Å². The molecule has 8 aromatic rings. The molecule has 0 radical (unpaired) electrons. The van der Waals surface area contributed by atoms with E-state index in [1.54, 1.807) is 11.3 Å². The molecule has 3 aliphatic carbocycles. The summed E-state index contributed by atoms with van der Waals surface area (Å²) in [6.45, 7) is 18.4. The second-order valence-electron chi connectivity index (χ2n) is 17.9. The number of para-hydroxylation sites is 1. The minimum absolute atomic E-state index is 0.124. The lowest BCUT2D eigenvalue weighted by Gasteiger charge is -2.25. The molecule has 0 aliphatic heterocycles. The van der Waals surface area contributed by atoms with Crippen molar-refractivity contribution in [3.05, 3.63) is 178 Å². The van der Waals surface area contributed by atoms with Gasteiger partial charge in [-0.1, -0.05) is 159 Å². The van der Waals surface area contributed by atoms with Crippen LogP contribution in [0.1, 0.15) is 107 Å². The average Bonchev–Trinajstić information content (AvgIpc) is 3.90. The van der Waals surface area contributed by atoms with Crippen LogP contribution in [0.4, 0.5) is 0 Å². The van der Waals surface area contributed by atoms with E-state index < -0.39 is 0 Å². The standard InChI is InChI=1S/C57H49NS.C2H6/c1-7-34-28-37(36-16-10-9-11-17-36)22-24-39(34)45-31-50-46(29-35(45)8-2)48-33-51-47(32-52(48)57(50,5)6)43-25-23-38(30-49(43)56(51,3)4)40-26-27-44(42-19-13-12-18-41(40)42)55-58-53-20-14-15-21-54(53)59-55;1-2/h10,12-33H,7-9,11H2,1-6H3;1-2H3. The largest absolute Gasteiger partial charge is 0.236 e. The molecule has 0 spiro atoms. The van der Waals surface area contributed by atoms with E-state index in [4.69, 9.17) is 4.98 Å². The molecule has 1 aromatic heterocycles. The highest BCUT2D eigenvalue weighted by Crippen LogP contribution is 2.57. The molecule has 1 nitrogen and oxygen atoms in total. The fourth-order valence-corrected chi connectivity index (χ4v) is 11.6. The first kappa shape index (κ1) is 39.3. The molecule has 1 heterocycles. The molecule has 61 heavy (non-hydrogen) atoms. The average molecular weight is 810 g/mol. The van der Waals surface area contributed by atoms with Gasteiger partial charge in [0.1, 0.15) is 5.01 Å². The molecule has 11 rings (SSSR count). The van der Waals surface area contributed by atoms with Crippen LogP contribution in [0.3, 0.4) is 0 Å². The Morgan fingerprint density at radius 3 is 1.75 bits per heavy atom. The number of thiazole rings is 1. The maximum Gasteiger partial charge on any atom is 0.125 e. The molecule has 0 atom stereocenters. The van der Waals surface area contributed by atoms with Crippen molar-refractivity contribution in [1.82, 2.24) is 4.98 Å². The minimum atomic E-state index is -0.145. The zero-order valence-corrected chi connectivity index (χ0v) is 37.8. The van der Waals surface area contributed by atoms with Crippen LogP contribution in [-0.4, -0.2) is 4.98 Å². The Hall–Kier alpha value is -5.83. The maximum atomic E-state index is 5.04. The molecule has 0 saturated heterocycles. The van der Waals surface area contributed by atoms with Gasteiger partial charge < -0.3 is 0 Å². The van der Waals surface area contributed by atoms with Gasteiger partial charge in [0.05, 0.1) is 10.2 Å². The van der Waals surface area contributed by atoms with Gasteiger partial charge in [-0.25, -0.2) is 4.98 Å². The monoisotopic (exact) mass is 809 g/mol. The van der Waals surface area contributed by atoms with Crippen molar-refractivity contribution in [3.63, 3.8) is 0 Å². The molecule has 7 aromatic carbocycles. The third kappa shape index (κ3) is 6.12. The number of fused-ring (bicyclic) bond motifs is 8. The molecule has 302 valence electrons. The third-order valence-electron chi connectivity index (χ3n) is 13.9. The highest BCUT2D eigenvalue weighted by Gasteiger charge is 2.42. The quantitative estimate of drug-likeness (QED) is 0.163. The summed E-state index contributed by atoms with van der Waals surface area (Å²) in [6, 6.07) is 46.6. The van der Waals surface area contributed by atoms with Crippen LogP contribution in [0.5, 0.6) is 0 Å². The predicted octanol–water partition coefficient (Wildman–Crippen LogP) is 16.9. The molecule has 0 bridgehead atoms. The van der Waals surface area contributed by atoms with Crippen molar-refractivity contribution in [2.24, 2.45) is 0 Å². The zero-order chi connectivity index (χ0) is 42.2. The summed E-state index contributed by atoms with van der Waals surface area (Å²) < 4.78 is 1.22. The summed E-state index contributed by atoms with van der Waals surface area (Å²) in [7, 11) is 0. The first-order valence-corrected chi connectivity index (χ1v) is 23.4. The third-order valence-corrected chi connectivity index (χ3v) is 15.0. The van der Waals surface area contributed by atoms with Gasteiger partial charge in [-0.15, -0.1) is 11.3 Å². The smallest absolute Gasteiger partial charge is 0.125 e. The van der Waals surface area contributed by atoms with E-state index in [0.29, 0.717) is 0 Å². The van der Waals surface area contributed by atoms with Crippen molar-refractivity contribution in [1.29, 1.82) is 0 Å². The van der Waals surface area contributed by atoms with Crippen LogP contribution in [0.15, 0.2) is 140 Å². The summed E-state index contributed by atoms with van der Waals surface area (Å²) >= 11 is 1.77. The number of rotatable bonds is 6. The molecule has 0 unspecified atom stereocenters. The number of allylic oxidation sites excluding steroid dienone is 4. The molecular formula is C59H55NS. The van der Waals surface area contributed by atoms with Gasteiger partial charge in [0.2, 0.25) is 0 Å². The van der Waals surface area contributed by atoms with Crippen molar-refractivity contribution >= 4 is 37.9 Å². The summed E-state index contributed by atoms with van der Waals surface area (Å²) in [6.07, 6.45) is 11.3. The van der Waals surface area contributed by atoms with Crippen molar-refractivity contribution < 1.29 is 0 Å². The van der Waals surface area contributed by atoms with E-state index >= 15 is 0 Å². The Morgan fingerprint density at radius 2 is 1.07 bits per heavy atom. The minimum Gasteiger partial charge on any atom is -0.236 e. The van der Waals surface area contributed by atoms with Crippen LogP contribution in [-0.2, 0) is 23.7 Å². The molecule has 2 heteroatoms. The Kier molecular flexibility index (Phi) is 9.64. The summed E-state index contributed by atoms with van der Waals surface area (Å²) in [5.41, 5.74) is 24.2. The fraction of sp³-hybridized carbons (Fsp3) is 0.237. The van der Waals surface area contributed by atoms with E-state index in [-0.39, 0.29) is 10.8 Å². The fourth-order valence-electron chi connectivity index (χ4n) is 10.6. The normalized spacial score (nSPS) is 15.2. The molecule has 0 N–H and O–H groups in total. The Morgan fingerprint density at radius 1 is 0.508 bits per heavy atom. The van der Waals surface area contributed by atoms with Gasteiger partial charge in [-0.05, 0) is 162 Å². The van der Waals surface area contributed by atoms with Gasteiger partial charge in [-0.2, -0.15) is 0 Å². The predicted molar refractivity (Wildman–Crippen MR) is 265 cm³/mol. The van der Waals surface area contributed by atoms with Crippen molar-refractivity contribution in [3.8, 4) is 55.1 Å². The van der Waals surface area contributed by atoms with Crippen LogP contribution in [0.25, 0.3) is 81.6 Å². The van der Waals surface area contributed by atoms with Gasteiger partial charge >= 0.3 is 0 Å². The lowest BCUT2D eigenvalue weighted by atomic mass is 9.78. The highest BCUT2D eigenvalue weighted by molar-refractivity contribution is 7.21. The second-order valence-corrected chi connectivity index (χ2v) is 19.0. The van der Waals surface area contributed by atoms with Gasteiger partial charge in [0.25, 0.3) is 0 Å². The van der Waals surface area contributed by atoms with Crippen LogP contribution < -0.4 is 0 Å². The number of aromatic nitrogens is 1. The topological polar surface area (TPSA) is 12.9 Å². The molecular weight excluding hydrogens is 755 g/mol. The molecule has 0 fully saturated rings. The first-order valence-electron chi connectivity index (χ1n) is 22.6. The SMILES string of the molecule is CC.CCc1cc(C2=CCCC=C2)ccc1-c1cc2c(cc1CC)-c1cc3c(cc1C2(C)C)-c1ccc(-c2ccc(-c4nc5ccccc5s4)c4ccccc24)cc1C3(C)C. The summed E-state index contributed by atoms with van der Waals surface area (Å²) in [5, 5.41) is 3.59. The second kappa shape index (κ2) is 15.0. The number of nitrogens with zero attached hydrogens (tertiary/aromatic N) is 1. The zero-order valence-electron chi connectivity index (χ0n) is 37.0. The van der Waals surface area contributed by atoms with E-state index in [1.807, 2.05) is 13.8 Å². The summed E-state index contributed by atoms with van der Waals surface area (Å²) in [4.78, 5) is 5.04. The first-order chi connectivity index (χ1) is 29.6. The van der Waals surface area contributed by atoms with Gasteiger partial charge in [0.15, 0.2) is 0 Å². The van der Waals surface area contributed by atoms with Crippen molar-refractivity contribution in [2.75, 3.05) is 0 Å².